The molecule has 1 amide bonds. The molecule has 1 N–H and O–H groups in total. The average molecular weight is 384 g/mol. The lowest BCUT2D eigenvalue weighted by atomic mass is 10.2. The van der Waals surface area contributed by atoms with Crippen LogP contribution in [0, 0.1) is 10.1 Å². The maximum absolute atomic E-state index is 12.1. The van der Waals surface area contributed by atoms with E-state index in [0.717, 1.165) is 12.3 Å². The minimum Gasteiger partial charge on any atom is -0.348 e. The lowest BCUT2D eigenvalue weighted by Gasteiger charge is -2.07. The second-order valence-corrected chi connectivity index (χ2v) is 7.66. The van der Waals surface area contributed by atoms with E-state index in [1.807, 2.05) is 0 Å². The predicted octanol–water partition coefficient (Wildman–Crippen LogP) is 2.37. The fourth-order valence-electron chi connectivity index (χ4n) is 1.95. The van der Waals surface area contributed by atoms with Gasteiger partial charge in [-0.1, -0.05) is 30.7 Å². The SMILES string of the molecule is CCS(=O)(=O)c1ccc(CNC(=O)c2cnc(Cl)c([N+](=O)[O-])c2)cc1. The van der Waals surface area contributed by atoms with Crippen molar-refractivity contribution in [3.63, 3.8) is 0 Å². The highest BCUT2D eigenvalue weighted by Gasteiger charge is 2.17. The number of amides is 1. The van der Waals surface area contributed by atoms with Crippen molar-refractivity contribution in [2.24, 2.45) is 0 Å². The zero-order valence-electron chi connectivity index (χ0n) is 13.1. The highest BCUT2D eigenvalue weighted by molar-refractivity contribution is 7.91. The number of sulfone groups is 1. The van der Waals surface area contributed by atoms with Gasteiger partial charge in [0.25, 0.3) is 5.91 Å². The number of aromatic nitrogens is 1. The van der Waals surface area contributed by atoms with Crippen LogP contribution in [0.4, 0.5) is 5.69 Å². The molecule has 2 aromatic rings. The first-order valence-corrected chi connectivity index (χ1v) is 9.17. The Morgan fingerprint density at radius 2 is 1.96 bits per heavy atom. The lowest BCUT2D eigenvalue weighted by molar-refractivity contribution is -0.385. The zero-order valence-corrected chi connectivity index (χ0v) is 14.7. The molecule has 1 aromatic carbocycles. The largest absolute Gasteiger partial charge is 0.348 e. The van der Waals surface area contributed by atoms with Gasteiger partial charge in [-0.3, -0.25) is 14.9 Å². The van der Waals surface area contributed by atoms with E-state index >= 15 is 0 Å². The van der Waals surface area contributed by atoms with Crippen LogP contribution in [0.3, 0.4) is 0 Å². The minimum atomic E-state index is -3.28. The number of hydrogen-bond donors (Lipinski definition) is 1. The van der Waals surface area contributed by atoms with Gasteiger partial charge in [0.15, 0.2) is 9.84 Å². The molecule has 0 aliphatic carbocycles. The van der Waals surface area contributed by atoms with Crippen LogP contribution in [0.15, 0.2) is 41.4 Å². The van der Waals surface area contributed by atoms with E-state index < -0.39 is 26.4 Å². The Bertz CT molecular complexity index is 913. The van der Waals surface area contributed by atoms with Crippen LogP contribution in [-0.2, 0) is 16.4 Å². The van der Waals surface area contributed by atoms with Gasteiger partial charge in [-0.2, -0.15) is 0 Å². The summed E-state index contributed by atoms with van der Waals surface area (Å²) in [4.78, 5) is 26.0. The molecule has 0 saturated heterocycles. The molecule has 2 rings (SSSR count). The molecule has 0 unspecified atom stereocenters. The van der Waals surface area contributed by atoms with Gasteiger partial charge < -0.3 is 5.32 Å². The van der Waals surface area contributed by atoms with E-state index in [-0.39, 0.29) is 27.9 Å². The molecule has 1 aromatic heterocycles. The summed E-state index contributed by atoms with van der Waals surface area (Å²) in [5.41, 5.74) is 0.226. The summed E-state index contributed by atoms with van der Waals surface area (Å²) in [5.74, 6) is -0.552. The first-order chi connectivity index (χ1) is 11.7. The fraction of sp³-hybridized carbons (Fsp3) is 0.200. The van der Waals surface area contributed by atoms with E-state index in [2.05, 4.69) is 10.3 Å². The van der Waals surface area contributed by atoms with Crippen molar-refractivity contribution in [2.45, 2.75) is 18.4 Å². The molecule has 25 heavy (non-hydrogen) atoms. The Morgan fingerprint density at radius 1 is 1.32 bits per heavy atom. The molecule has 0 radical (unpaired) electrons. The number of nitro groups is 1. The fourth-order valence-corrected chi connectivity index (χ4v) is 3.01. The Morgan fingerprint density at radius 3 is 2.52 bits per heavy atom. The van der Waals surface area contributed by atoms with Gasteiger partial charge in [-0.05, 0) is 17.7 Å². The Labute approximate surface area is 148 Å². The molecule has 1 heterocycles. The number of halogens is 1. The van der Waals surface area contributed by atoms with Gasteiger partial charge in [0.1, 0.15) is 0 Å². The first kappa shape index (κ1) is 18.8. The normalized spacial score (nSPS) is 11.1. The molecule has 132 valence electrons. The second kappa shape index (κ2) is 7.58. The number of nitrogens with one attached hydrogen (secondary N) is 1. The summed E-state index contributed by atoms with van der Waals surface area (Å²) in [7, 11) is -3.28. The smallest absolute Gasteiger partial charge is 0.307 e. The number of carbonyl (C=O) groups excluding carboxylic acids is 1. The van der Waals surface area contributed by atoms with Crippen molar-refractivity contribution >= 4 is 33.0 Å². The van der Waals surface area contributed by atoms with Gasteiger partial charge in [-0.15, -0.1) is 0 Å². The number of nitrogens with zero attached hydrogens (tertiary/aromatic N) is 2. The molecular weight excluding hydrogens is 370 g/mol. The van der Waals surface area contributed by atoms with Crippen molar-refractivity contribution in [1.82, 2.24) is 10.3 Å². The van der Waals surface area contributed by atoms with Gasteiger partial charge in [0.05, 0.1) is 21.1 Å². The van der Waals surface area contributed by atoms with Crippen molar-refractivity contribution in [2.75, 3.05) is 5.75 Å². The van der Waals surface area contributed by atoms with Crippen molar-refractivity contribution < 1.29 is 18.1 Å². The Balaban J connectivity index is 2.08. The van der Waals surface area contributed by atoms with Crippen LogP contribution in [0.1, 0.15) is 22.8 Å². The summed E-state index contributed by atoms with van der Waals surface area (Å²) >= 11 is 5.60. The Hall–Kier alpha value is -2.52. The third-order valence-electron chi connectivity index (χ3n) is 3.40. The molecule has 0 aliphatic rings. The van der Waals surface area contributed by atoms with E-state index in [0.29, 0.717) is 5.56 Å². The van der Waals surface area contributed by atoms with Crippen LogP contribution < -0.4 is 5.32 Å². The third kappa shape index (κ3) is 4.52. The van der Waals surface area contributed by atoms with E-state index in [4.69, 9.17) is 11.6 Å². The second-order valence-electron chi connectivity index (χ2n) is 5.02. The molecule has 0 bridgehead atoms. The van der Waals surface area contributed by atoms with Crippen LogP contribution in [-0.4, -0.2) is 30.0 Å². The zero-order chi connectivity index (χ0) is 18.6. The number of carbonyl (C=O) groups is 1. The lowest BCUT2D eigenvalue weighted by Crippen LogP contribution is -2.23. The van der Waals surface area contributed by atoms with Gasteiger partial charge in [0.2, 0.25) is 5.15 Å². The number of rotatable bonds is 6. The molecule has 0 saturated carbocycles. The molecular formula is C15H14ClN3O5S. The van der Waals surface area contributed by atoms with Crippen molar-refractivity contribution in [3.8, 4) is 0 Å². The van der Waals surface area contributed by atoms with Gasteiger partial charge >= 0.3 is 5.69 Å². The molecule has 0 atom stereocenters. The molecule has 0 aliphatic heterocycles. The summed E-state index contributed by atoms with van der Waals surface area (Å²) < 4.78 is 23.5. The van der Waals surface area contributed by atoms with Crippen molar-refractivity contribution in [3.05, 3.63) is 62.9 Å². The topological polar surface area (TPSA) is 119 Å². The minimum absolute atomic E-state index is 0.00119. The number of pyridine rings is 1. The maximum Gasteiger partial charge on any atom is 0.307 e. The Kier molecular flexibility index (Phi) is 5.70. The number of benzene rings is 1. The summed E-state index contributed by atoms with van der Waals surface area (Å²) in [6.45, 7) is 1.69. The van der Waals surface area contributed by atoms with Crippen molar-refractivity contribution in [1.29, 1.82) is 0 Å². The number of hydrogen-bond acceptors (Lipinski definition) is 6. The molecule has 10 heteroatoms. The highest BCUT2D eigenvalue weighted by Crippen LogP contribution is 2.22. The summed E-state index contributed by atoms with van der Waals surface area (Å²) in [5, 5.41) is 13.1. The van der Waals surface area contributed by atoms with Crippen LogP contribution in [0.2, 0.25) is 5.15 Å². The molecule has 0 spiro atoms. The maximum atomic E-state index is 12.1. The van der Waals surface area contributed by atoms with E-state index in [1.54, 1.807) is 19.1 Å². The van der Waals surface area contributed by atoms with Gasteiger partial charge in [0, 0.05) is 18.8 Å². The van der Waals surface area contributed by atoms with Crippen LogP contribution in [0.5, 0.6) is 0 Å². The molecule has 0 fully saturated rings. The highest BCUT2D eigenvalue weighted by atomic mass is 35.5. The van der Waals surface area contributed by atoms with E-state index in [1.165, 1.54) is 12.1 Å². The van der Waals surface area contributed by atoms with Crippen LogP contribution in [0.25, 0.3) is 0 Å². The average Bonchev–Trinajstić information content (AvgIpc) is 2.60. The predicted molar refractivity (Wildman–Crippen MR) is 91.2 cm³/mol. The van der Waals surface area contributed by atoms with E-state index in [9.17, 15) is 23.3 Å². The van der Waals surface area contributed by atoms with Gasteiger partial charge in [-0.25, -0.2) is 13.4 Å². The standard InChI is InChI=1S/C15H14ClN3O5S/c1-2-25(23,24)12-5-3-10(4-6-12)8-18-15(20)11-7-13(19(21)22)14(16)17-9-11/h3-7,9H,2,8H2,1H3,(H,18,20). The quantitative estimate of drug-likeness (QED) is 0.464. The summed E-state index contributed by atoms with van der Waals surface area (Å²) in [6, 6.07) is 7.16. The molecule has 8 nitrogen and oxygen atoms in total. The van der Waals surface area contributed by atoms with Crippen LogP contribution >= 0.6 is 11.6 Å². The summed E-state index contributed by atoms with van der Waals surface area (Å²) in [6.07, 6.45) is 1.14. The first-order valence-electron chi connectivity index (χ1n) is 7.14. The monoisotopic (exact) mass is 383 g/mol. The third-order valence-corrected chi connectivity index (χ3v) is 5.44.